The molecule has 0 aromatic carbocycles. The number of nitrogens with zero attached hydrogens (tertiary/aromatic N) is 2. The first-order valence-electron chi connectivity index (χ1n) is 6.34. The summed E-state index contributed by atoms with van der Waals surface area (Å²) < 4.78 is 0. The van der Waals surface area contributed by atoms with Crippen LogP contribution in [-0.4, -0.2) is 20.2 Å². The lowest BCUT2D eigenvalue weighted by molar-refractivity contribution is 0.848. The summed E-state index contributed by atoms with van der Waals surface area (Å²) in [6.07, 6.45) is 3.37. The van der Waals surface area contributed by atoms with Gasteiger partial charge in [-0.25, -0.2) is 4.98 Å². The SMILES string of the molecule is CCC(C)Sc1nc(Cc2ccccn2)cc(=O)[nH]1. The highest BCUT2D eigenvalue weighted by molar-refractivity contribution is 7.99. The van der Waals surface area contributed by atoms with Crippen LogP contribution < -0.4 is 5.56 Å². The van der Waals surface area contributed by atoms with Gasteiger partial charge in [0.05, 0.1) is 5.69 Å². The molecule has 2 heterocycles. The van der Waals surface area contributed by atoms with E-state index in [9.17, 15) is 4.79 Å². The van der Waals surface area contributed by atoms with Crippen LogP contribution in [0, 0.1) is 0 Å². The third-order valence-electron chi connectivity index (χ3n) is 2.75. The molecule has 100 valence electrons. The number of thioether (sulfide) groups is 1. The van der Waals surface area contributed by atoms with Crippen LogP contribution in [0.2, 0.25) is 0 Å². The minimum absolute atomic E-state index is 0.105. The Balaban J connectivity index is 2.19. The summed E-state index contributed by atoms with van der Waals surface area (Å²) in [7, 11) is 0. The summed E-state index contributed by atoms with van der Waals surface area (Å²) in [6, 6.07) is 7.28. The molecule has 2 aromatic heterocycles. The van der Waals surface area contributed by atoms with E-state index in [1.54, 1.807) is 18.0 Å². The zero-order chi connectivity index (χ0) is 13.7. The van der Waals surface area contributed by atoms with Crippen LogP contribution in [-0.2, 0) is 6.42 Å². The highest BCUT2D eigenvalue weighted by Gasteiger charge is 2.07. The summed E-state index contributed by atoms with van der Waals surface area (Å²) in [5.41, 5.74) is 1.57. The van der Waals surface area contributed by atoms with Crippen molar-refractivity contribution in [2.24, 2.45) is 0 Å². The molecular formula is C14H17N3OS. The van der Waals surface area contributed by atoms with E-state index < -0.39 is 0 Å². The fourth-order valence-electron chi connectivity index (χ4n) is 1.59. The number of rotatable bonds is 5. The van der Waals surface area contributed by atoms with Crippen molar-refractivity contribution in [1.82, 2.24) is 15.0 Å². The molecule has 0 saturated carbocycles. The van der Waals surface area contributed by atoms with Gasteiger partial charge in [-0.05, 0) is 18.6 Å². The van der Waals surface area contributed by atoms with Crippen molar-refractivity contribution in [2.75, 3.05) is 0 Å². The summed E-state index contributed by atoms with van der Waals surface area (Å²) >= 11 is 1.60. The van der Waals surface area contributed by atoms with E-state index in [0.717, 1.165) is 17.8 Å². The minimum Gasteiger partial charge on any atom is -0.301 e. The van der Waals surface area contributed by atoms with Gasteiger partial charge < -0.3 is 4.98 Å². The second kappa shape index (κ2) is 6.52. The van der Waals surface area contributed by atoms with Gasteiger partial charge in [-0.1, -0.05) is 31.7 Å². The number of H-pyrrole nitrogens is 1. The first-order chi connectivity index (χ1) is 9.17. The van der Waals surface area contributed by atoms with Gasteiger partial charge in [-0.15, -0.1) is 0 Å². The lowest BCUT2D eigenvalue weighted by Crippen LogP contribution is -2.11. The molecule has 0 aliphatic heterocycles. The molecule has 4 nitrogen and oxygen atoms in total. The molecule has 0 aliphatic carbocycles. The van der Waals surface area contributed by atoms with Crippen molar-refractivity contribution in [3.8, 4) is 0 Å². The molecule has 0 saturated heterocycles. The average molecular weight is 275 g/mol. The summed E-state index contributed by atoms with van der Waals surface area (Å²) in [4.78, 5) is 23.2. The van der Waals surface area contributed by atoms with Gasteiger partial charge in [-0.2, -0.15) is 0 Å². The fraction of sp³-hybridized carbons (Fsp3) is 0.357. The van der Waals surface area contributed by atoms with Gasteiger partial charge in [0.25, 0.3) is 5.56 Å². The third kappa shape index (κ3) is 4.21. The Morgan fingerprint density at radius 2 is 2.21 bits per heavy atom. The van der Waals surface area contributed by atoms with E-state index >= 15 is 0 Å². The predicted molar refractivity (Wildman–Crippen MR) is 77.5 cm³/mol. The van der Waals surface area contributed by atoms with E-state index in [1.807, 2.05) is 18.2 Å². The molecule has 2 rings (SSSR count). The van der Waals surface area contributed by atoms with Crippen molar-refractivity contribution in [3.05, 3.63) is 52.2 Å². The van der Waals surface area contributed by atoms with Crippen molar-refractivity contribution < 1.29 is 0 Å². The molecule has 5 heteroatoms. The molecule has 0 amide bonds. The number of aromatic amines is 1. The number of hydrogen-bond donors (Lipinski definition) is 1. The van der Waals surface area contributed by atoms with Gasteiger partial charge in [0.15, 0.2) is 5.16 Å². The van der Waals surface area contributed by atoms with Crippen LogP contribution in [0.5, 0.6) is 0 Å². The highest BCUT2D eigenvalue weighted by atomic mass is 32.2. The molecule has 1 N–H and O–H groups in total. The van der Waals surface area contributed by atoms with E-state index in [-0.39, 0.29) is 5.56 Å². The number of aromatic nitrogens is 3. The lowest BCUT2D eigenvalue weighted by Gasteiger charge is -2.08. The molecule has 0 radical (unpaired) electrons. The van der Waals surface area contributed by atoms with Crippen molar-refractivity contribution in [3.63, 3.8) is 0 Å². The third-order valence-corrected chi connectivity index (χ3v) is 3.90. The highest BCUT2D eigenvalue weighted by Crippen LogP contribution is 2.20. The van der Waals surface area contributed by atoms with Crippen molar-refractivity contribution >= 4 is 11.8 Å². The molecule has 1 atom stereocenters. The Kier molecular flexibility index (Phi) is 4.74. The Labute approximate surface area is 116 Å². The van der Waals surface area contributed by atoms with E-state index in [4.69, 9.17) is 0 Å². The van der Waals surface area contributed by atoms with Gasteiger partial charge in [0.2, 0.25) is 0 Å². The largest absolute Gasteiger partial charge is 0.301 e. The van der Waals surface area contributed by atoms with Crippen molar-refractivity contribution in [2.45, 2.75) is 37.1 Å². The monoisotopic (exact) mass is 275 g/mol. The smallest absolute Gasteiger partial charge is 0.251 e. The Bertz CT molecular complexity index is 583. The Morgan fingerprint density at radius 3 is 2.89 bits per heavy atom. The number of hydrogen-bond acceptors (Lipinski definition) is 4. The van der Waals surface area contributed by atoms with Crippen molar-refractivity contribution in [1.29, 1.82) is 0 Å². The van der Waals surface area contributed by atoms with E-state index in [0.29, 0.717) is 16.8 Å². The van der Waals surface area contributed by atoms with Crippen LogP contribution in [0.4, 0.5) is 0 Å². The van der Waals surface area contributed by atoms with Gasteiger partial charge >= 0.3 is 0 Å². The molecule has 1 unspecified atom stereocenters. The molecular weight excluding hydrogens is 258 g/mol. The molecule has 0 spiro atoms. The van der Waals surface area contributed by atoms with Crippen LogP contribution in [0.3, 0.4) is 0 Å². The maximum Gasteiger partial charge on any atom is 0.251 e. The lowest BCUT2D eigenvalue weighted by atomic mass is 10.2. The van der Waals surface area contributed by atoms with Gasteiger partial charge in [0, 0.05) is 29.6 Å². The zero-order valence-corrected chi connectivity index (χ0v) is 11.9. The fourth-order valence-corrected chi connectivity index (χ4v) is 2.47. The summed E-state index contributed by atoms with van der Waals surface area (Å²) in [5, 5.41) is 1.13. The second-order valence-corrected chi connectivity index (χ2v) is 5.80. The first-order valence-corrected chi connectivity index (χ1v) is 7.22. The minimum atomic E-state index is -0.105. The standard InChI is InChI=1S/C14H17N3OS/c1-3-10(2)19-14-16-12(9-13(18)17-14)8-11-6-4-5-7-15-11/h4-7,9-10H,3,8H2,1-2H3,(H,16,17,18). The number of nitrogens with one attached hydrogen (secondary N) is 1. The maximum absolute atomic E-state index is 11.6. The van der Waals surface area contributed by atoms with Gasteiger partial charge in [-0.3, -0.25) is 9.78 Å². The van der Waals surface area contributed by atoms with Gasteiger partial charge in [0.1, 0.15) is 0 Å². The average Bonchev–Trinajstić information content (AvgIpc) is 2.39. The Hall–Kier alpha value is -1.62. The van der Waals surface area contributed by atoms with E-state index in [2.05, 4.69) is 28.8 Å². The topological polar surface area (TPSA) is 58.6 Å². The van der Waals surface area contributed by atoms with E-state index in [1.165, 1.54) is 6.07 Å². The normalized spacial score (nSPS) is 12.3. The molecule has 19 heavy (non-hydrogen) atoms. The van der Waals surface area contributed by atoms with Crippen LogP contribution >= 0.6 is 11.8 Å². The number of pyridine rings is 1. The molecule has 0 fully saturated rings. The quantitative estimate of drug-likeness (QED) is 0.673. The Morgan fingerprint density at radius 1 is 1.37 bits per heavy atom. The van der Waals surface area contributed by atoms with Crippen LogP contribution in [0.25, 0.3) is 0 Å². The predicted octanol–water partition coefficient (Wildman–Crippen LogP) is 2.65. The second-order valence-electron chi connectivity index (χ2n) is 4.38. The molecule has 2 aromatic rings. The zero-order valence-electron chi connectivity index (χ0n) is 11.1. The molecule has 0 bridgehead atoms. The molecule has 0 aliphatic rings. The maximum atomic E-state index is 11.6. The first kappa shape index (κ1) is 13.8. The summed E-state index contributed by atoms with van der Waals surface area (Å²) in [5.74, 6) is 0. The summed E-state index contributed by atoms with van der Waals surface area (Å²) in [6.45, 7) is 4.24. The van der Waals surface area contributed by atoms with Crippen LogP contribution in [0.1, 0.15) is 31.7 Å². The van der Waals surface area contributed by atoms with Crippen LogP contribution in [0.15, 0.2) is 40.4 Å².